The molecule has 0 aliphatic heterocycles. The van der Waals surface area contributed by atoms with E-state index in [2.05, 4.69) is 0 Å². The van der Waals surface area contributed by atoms with Gasteiger partial charge in [0.15, 0.2) is 0 Å². The van der Waals surface area contributed by atoms with Gasteiger partial charge in [-0.15, -0.1) is 0 Å². The van der Waals surface area contributed by atoms with Gasteiger partial charge in [-0.25, -0.2) is 0 Å². The van der Waals surface area contributed by atoms with Crippen LogP contribution in [0.1, 0.15) is 89.9 Å². The predicted molar refractivity (Wildman–Crippen MR) is 81.9 cm³/mol. The summed E-state index contributed by atoms with van der Waals surface area (Å²) in [4.78, 5) is 0. The van der Waals surface area contributed by atoms with E-state index in [0.717, 1.165) is 11.8 Å². The standard InChI is InChI=1S/C18H30N2/c1-5-15-6-2-10-17(9-1,13-15)19-20-18-11-3-7-16(14-18)8-4-12-18/h15-16H,1-14H2. The summed E-state index contributed by atoms with van der Waals surface area (Å²) >= 11 is 0. The van der Waals surface area contributed by atoms with Crippen LogP contribution in [0.3, 0.4) is 0 Å². The summed E-state index contributed by atoms with van der Waals surface area (Å²) in [5, 5.41) is 10.2. The quantitative estimate of drug-likeness (QED) is 0.580. The molecule has 4 fully saturated rings. The van der Waals surface area contributed by atoms with Crippen molar-refractivity contribution in [3.8, 4) is 0 Å². The molecule has 0 radical (unpaired) electrons. The molecule has 112 valence electrons. The summed E-state index contributed by atoms with van der Waals surface area (Å²) in [6, 6.07) is 0. The highest BCUT2D eigenvalue weighted by molar-refractivity contribution is 5.00. The van der Waals surface area contributed by atoms with Crippen molar-refractivity contribution in [3.05, 3.63) is 0 Å². The van der Waals surface area contributed by atoms with Gasteiger partial charge in [0, 0.05) is 0 Å². The minimum absolute atomic E-state index is 0.278. The molecule has 4 aliphatic carbocycles. The Morgan fingerprint density at radius 3 is 1.25 bits per heavy atom. The van der Waals surface area contributed by atoms with Crippen molar-refractivity contribution < 1.29 is 0 Å². The molecule has 0 heterocycles. The molecular formula is C18H30N2. The largest absolute Gasteiger partial charge is 0.187 e. The average molecular weight is 274 g/mol. The zero-order valence-electron chi connectivity index (χ0n) is 12.9. The van der Waals surface area contributed by atoms with Crippen LogP contribution in [-0.2, 0) is 0 Å². The third-order valence-corrected chi connectivity index (χ3v) is 6.83. The van der Waals surface area contributed by atoms with E-state index in [4.69, 9.17) is 10.2 Å². The molecule has 0 saturated heterocycles. The number of azo groups is 1. The van der Waals surface area contributed by atoms with E-state index in [9.17, 15) is 0 Å². The number of nitrogens with zero attached hydrogens (tertiary/aromatic N) is 2. The Hall–Kier alpha value is -0.400. The van der Waals surface area contributed by atoms with Crippen LogP contribution in [0.2, 0.25) is 0 Å². The van der Waals surface area contributed by atoms with Crippen molar-refractivity contribution in [1.82, 2.24) is 0 Å². The topological polar surface area (TPSA) is 24.7 Å². The second-order valence-corrected chi connectivity index (χ2v) is 8.36. The molecule has 0 aromatic carbocycles. The third-order valence-electron chi connectivity index (χ3n) is 6.83. The SMILES string of the molecule is C1CC2CCCC(N=NC34CCCC(CCC3)C4)(C1)C2. The zero-order chi connectivity index (χ0) is 13.5. The zero-order valence-corrected chi connectivity index (χ0v) is 12.9. The molecule has 4 bridgehead atoms. The molecular weight excluding hydrogens is 244 g/mol. The Kier molecular flexibility index (Phi) is 3.39. The van der Waals surface area contributed by atoms with Crippen molar-refractivity contribution >= 4 is 0 Å². The minimum atomic E-state index is 0.278. The molecule has 20 heavy (non-hydrogen) atoms. The van der Waals surface area contributed by atoms with Crippen LogP contribution in [0.5, 0.6) is 0 Å². The van der Waals surface area contributed by atoms with Crippen LogP contribution in [0.4, 0.5) is 0 Å². The Balaban J connectivity index is 1.52. The van der Waals surface area contributed by atoms with Crippen molar-refractivity contribution in [1.29, 1.82) is 0 Å². The first-order chi connectivity index (χ1) is 9.78. The average Bonchev–Trinajstić information content (AvgIpc) is 2.46. The normalized spacial score (nSPS) is 48.4. The van der Waals surface area contributed by atoms with Gasteiger partial charge in [0.05, 0.1) is 11.1 Å². The van der Waals surface area contributed by atoms with Gasteiger partial charge in [0.2, 0.25) is 0 Å². The van der Waals surface area contributed by atoms with Gasteiger partial charge < -0.3 is 0 Å². The van der Waals surface area contributed by atoms with Gasteiger partial charge in [0.25, 0.3) is 0 Å². The predicted octanol–water partition coefficient (Wildman–Crippen LogP) is 5.66. The lowest BCUT2D eigenvalue weighted by atomic mass is 9.67. The highest BCUT2D eigenvalue weighted by Crippen LogP contribution is 2.49. The summed E-state index contributed by atoms with van der Waals surface area (Å²) in [5.41, 5.74) is 0.556. The fourth-order valence-corrected chi connectivity index (χ4v) is 5.80. The first kappa shape index (κ1) is 13.3. The maximum absolute atomic E-state index is 5.09. The molecule has 4 rings (SSSR count). The number of hydrogen-bond donors (Lipinski definition) is 0. The molecule has 0 unspecified atom stereocenters. The number of fused-ring (bicyclic) bond motifs is 4. The molecule has 0 aromatic rings. The fraction of sp³-hybridized carbons (Fsp3) is 1.00. The van der Waals surface area contributed by atoms with E-state index in [1.165, 1.54) is 89.9 Å². The monoisotopic (exact) mass is 274 g/mol. The fourth-order valence-electron chi connectivity index (χ4n) is 5.80. The lowest BCUT2D eigenvalue weighted by molar-refractivity contribution is 0.119. The van der Waals surface area contributed by atoms with Crippen LogP contribution in [-0.4, -0.2) is 11.1 Å². The Morgan fingerprint density at radius 2 is 0.900 bits per heavy atom. The van der Waals surface area contributed by atoms with Crippen LogP contribution < -0.4 is 0 Å². The van der Waals surface area contributed by atoms with E-state index in [0.29, 0.717) is 0 Å². The minimum Gasteiger partial charge on any atom is -0.187 e. The first-order valence-electron chi connectivity index (χ1n) is 9.22. The molecule has 0 amide bonds. The Morgan fingerprint density at radius 1 is 0.550 bits per heavy atom. The highest BCUT2D eigenvalue weighted by Gasteiger charge is 2.43. The smallest absolute Gasteiger partial charge is 0.0818 e. The van der Waals surface area contributed by atoms with Crippen LogP contribution in [0.25, 0.3) is 0 Å². The van der Waals surface area contributed by atoms with E-state index in [-0.39, 0.29) is 11.1 Å². The highest BCUT2D eigenvalue weighted by atomic mass is 15.2. The Labute approximate surface area is 123 Å². The molecule has 0 spiro atoms. The molecule has 0 aromatic heterocycles. The van der Waals surface area contributed by atoms with E-state index >= 15 is 0 Å². The molecule has 4 saturated carbocycles. The van der Waals surface area contributed by atoms with E-state index < -0.39 is 0 Å². The van der Waals surface area contributed by atoms with Crippen molar-refractivity contribution in [3.63, 3.8) is 0 Å². The van der Waals surface area contributed by atoms with Gasteiger partial charge in [-0.05, 0) is 50.4 Å². The van der Waals surface area contributed by atoms with Gasteiger partial charge in [-0.1, -0.05) is 51.4 Å². The summed E-state index contributed by atoms with van der Waals surface area (Å²) in [6.45, 7) is 0. The van der Waals surface area contributed by atoms with Gasteiger partial charge in [0.1, 0.15) is 0 Å². The molecule has 2 nitrogen and oxygen atoms in total. The number of rotatable bonds is 2. The van der Waals surface area contributed by atoms with Crippen molar-refractivity contribution in [2.75, 3.05) is 0 Å². The Bertz CT molecular complexity index is 331. The second kappa shape index (κ2) is 5.10. The van der Waals surface area contributed by atoms with Gasteiger partial charge in [-0.3, -0.25) is 0 Å². The molecule has 0 N–H and O–H groups in total. The van der Waals surface area contributed by atoms with Gasteiger partial charge >= 0.3 is 0 Å². The summed E-state index contributed by atoms with van der Waals surface area (Å²) in [7, 11) is 0. The van der Waals surface area contributed by atoms with E-state index in [1.54, 1.807) is 0 Å². The van der Waals surface area contributed by atoms with E-state index in [1.807, 2.05) is 0 Å². The molecule has 0 atom stereocenters. The van der Waals surface area contributed by atoms with Crippen molar-refractivity contribution in [2.24, 2.45) is 22.1 Å². The van der Waals surface area contributed by atoms with Crippen LogP contribution >= 0.6 is 0 Å². The lowest BCUT2D eigenvalue weighted by Crippen LogP contribution is -2.40. The maximum Gasteiger partial charge on any atom is 0.0818 e. The maximum atomic E-state index is 5.09. The number of hydrogen-bond acceptors (Lipinski definition) is 2. The van der Waals surface area contributed by atoms with Crippen LogP contribution in [0, 0.1) is 11.8 Å². The summed E-state index contributed by atoms with van der Waals surface area (Å²) < 4.78 is 0. The molecule has 2 heteroatoms. The second-order valence-electron chi connectivity index (χ2n) is 8.36. The summed E-state index contributed by atoms with van der Waals surface area (Å²) in [6.07, 6.45) is 19.5. The first-order valence-corrected chi connectivity index (χ1v) is 9.22. The van der Waals surface area contributed by atoms with Crippen LogP contribution in [0.15, 0.2) is 10.2 Å². The lowest BCUT2D eigenvalue weighted by Gasteiger charge is -2.45. The van der Waals surface area contributed by atoms with Gasteiger partial charge in [-0.2, -0.15) is 10.2 Å². The summed E-state index contributed by atoms with van der Waals surface area (Å²) in [5.74, 6) is 1.94. The van der Waals surface area contributed by atoms with Crippen molar-refractivity contribution in [2.45, 2.75) is 101 Å². The third kappa shape index (κ3) is 2.44. The molecule has 4 aliphatic rings.